The van der Waals surface area contributed by atoms with Crippen LogP contribution >= 0.6 is 0 Å². The first-order chi connectivity index (χ1) is 7.67. The molecule has 0 amide bonds. The van der Waals surface area contributed by atoms with Crippen molar-refractivity contribution < 1.29 is 5.82 Å². The summed E-state index contributed by atoms with van der Waals surface area (Å²) < 4.78 is 13.8. The van der Waals surface area contributed by atoms with Gasteiger partial charge in [0.25, 0.3) is 5.56 Å². The summed E-state index contributed by atoms with van der Waals surface area (Å²) in [6.45, 7) is 1.83. The van der Waals surface area contributed by atoms with Crippen LogP contribution in [0.15, 0.2) is 16.9 Å². The molecule has 0 saturated carbocycles. The number of benzene rings is 1. The van der Waals surface area contributed by atoms with E-state index in [2.05, 4.69) is 9.97 Å². The number of aryl methyl sites for hydroxylation is 1. The van der Waals surface area contributed by atoms with Crippen LogP contribution in [-0.2, 0) is 12.7 Å². The molecular formula is C11H12BFN2O. The SMILES string of the molecule is [B]Cc1ccc2nc(CC)c(=O)[nH]c2c1F.[HH]. The molecule has 0 saturated heterocycles. The maximum Gasteiger partial charge on any atom is 0.270 e. The number of aromatic amines is 1. The zero-order chi connectivity index (χ0) is 11.7. The molecule has 1 N–H and O–H groups in total. The van der Waals surface area contributed by atoms with Crippen molar-refractivity contribution >= 4 is 18.9 Å². The summed E-state index contributed by atoms with van der Waals surface area (Å²) in [5.41, 5.74) is 1.01. The first-order valence-electron chi connectivity index (χ1n) is 5.07. The second-order valence-corrected chi connectivity index (χ2v) is 3.50. The number of hydrogen-bond acceptors (Lipinski definition) is 2. The van der Waals surface area contributed by atoms with Gasteiger partial charge in [-0.3, -0.25) is 4.79 Å². The molecule has 0 fully saturated rings. The number of aromatic nitrogens is 2. The summed E-state index contributed by atoms with van der Waals surface area (Å²) in [7, 11) is 5.38. The molecule has 0 spiro atoms. The van der Waals surface area contributed by atoms with E-state index in [4.69, 9.17) is 7.85 Å². The lowest BCUT2D eigenvalue weighted by Gasteiger charge is -2.05. The lowest BCUT2D eigenvalue weighted by Crippen LogP contribution is -2.15. The van der Waals surface area contributed by atoms with E-state index in [1.807, 2.05) is 6.92 Å². The third-order valence-corrected chi connectivity index (χ3v) is 2.51. The molecule has 82 valence electrons. The van der Waals surface area contributed by atoms with E-state index in [1.54, 1.807) is 12.1 Å². The highest BCUT2D eigenvalue weighted by Gasteiger charge is 2.09. The van der Waals surface area contributed by atoms with Crippen molar-refractivity contribution in [2.75, 3.05) is 0 Å². The van der Waals surface area contributed by atoms with Gasteiger partial charge in [-0.1, -0.05) is 19.3 Å². The van der Waals surface area contributed by atoms with Crippen LogP contribution in [0.4, 0.5) is 4.39 Å². The van der Waals surface area contributed by atoms with Crippen LogP contribution in [0.3, 0.4) is 0 Å². The van der Waals surface area contributed by atoms with E-state index in [0.29, 0.717) is 23.2 Å². The van der Waals surface area contributed by atoms with Crippen molar-refractivity contribution in [1.82, 2.24) is 9.97 Å². The van der Waals surface area contributed by atoms with Crippen LogP contribution in [0.1, 0.15) is 19.6 Å². The Morgan fingerprint density at radius 1 is 1.56 bits per heavy atom. The zero-order valence-electron chi connectivity index (χ0n) is 8.88. The van der Waals surface area contributed by atoms with Gasteiger partial charge in [0.05, 0.1) is 13.4 Å². The number of H-pyrrole nitrogens is 1. The van der Waals surface area contributed by atoms with Crippen LogP contribution in [0.25, 0.3) is 11.0 Å². The molecular weight excluding hydrogens is 206 g/mol. The number of nitrogens with zero attached hydrogens (tertiary/aromatic N) is 1. The topological polar surface area (TPSA) is 45.8 Å². The van der Waals surface area contributed by atoms with Crippen LogP contribution in [-0.4, -0.2) is 17.8 Å². The van der Waals surface area contributed by atoms with Gasteiger partial charge in [0.1, 0.15) is 11.2 Å². The molecule has 0 bridgehead atoms. The van der Waals surface area contributed by atoms with Crippen molar-refractivity contribution in [2.45, 2.75) is 19.7 Å². The van der Waals surface area contributed by atoms with E-state index in [-0.39, 0.29) is 18.8 Å². The van der Waals surface area contributed by atoms with Gasteiger partial charge in [0.2, 0.25) is 0 Å². The molecule has 0 aliphatic carbocycles. The Hall–Kier alpha value is -1.65. The summed E-state index contributed by atoms with van der Waals surface area (Å²) in [5, 5.41) is 0. The summed E-state index contributed by atoms with van der Waals surface area (Å²) in [6.07, 6.45) is 0.616. The number of hydrogen-bond donors (Lipinski definition) is 1. The normalized spacial score (nSPS) is 10.9. The highest BCUT2D eigenvalue weighted by Crippen LogP contribution is 2.16. The van der Waals surface area contributed by atoms with Crippen LogP contribution in [0.2, 0.25) is 0 Å². The van der Waals surface area contributed by atoms with Crippen LogP contribution < -0.4 is 5.56 Å². The Morgan fingerprint density at radius 3 is 2.94 bits per heavy atom. The van der Waals surface area contributed by atoms with Gasteiger partial charge >= 0.3 is 0 Å². The lowest BCUT2D eigenvalue weighted by molar-refractivity contribution is 0.625. The average Bonchev–Trinajstić information content (AvgIpc) is 2.30. The smallest absolute Gasteiger partial charge is 0.270 e. The second-order valence-electron chi connectivity index (χ2n) is 3.50. The highest BCUT2D eigenvalue weighted by molar-refractivity contribution is 6.08. The zero-order valence-corrected chi connectivity index (χ0v) is 8.88. The maximum atomic E-state index is 13.8. The monoisotopic (exact) mass is 218 g/mol. The molecule has 0 aliphatic heterocycles. The average molecular weight is 218 g/mol. The Bertz CT molecular complexity index is 600. The molecule has 2 rings (SSSR count). The third kappa shape index (κ3) is 1.62. The Kier molecular flexibility index (Phi) is 2.77. The minimum absolute atomic E-state index is 0. The predicted molar refractivity (Wildman–Crippen MR) is 63.3 cm³/mol. The molecule has 1 aromatic heterocycles. The quantitative estimate of drug-likeness (QED) is 0.777. The Morgan fingerprint density at radius 2 is 2.31 bits per heavy atom. The van der Waals surface area contributed by atoms with E-state index < -0.39 is 5.82 Å². The summed E-state index contributed by atoms with van der Waals surface area (Å²) >= 11 is 0. The van der Waals surface area contributed by atoms with Crippen molar-refractivity contribution in [1.29, 1.82) is 0 Å². The van der Waals surface area contributed by atoms with Gasteiger partial charge in [0, 0.05) is 1.43 Å². The van der Waals surface area contributed by atoms with Crippen molar-refractivity contribution in [3.05, 3.63) is 39.6 Å². The number of fused-ring (bicyclic) bond motifs is 1. The van der Waals surface area contributed by atoms with Gasteiger partial charge in [-0.2, -0.15) is 0 Å². The molecule has 1 aromatic carbocycles. The number of nitrogens with one attached hydrogen (secondary N) is 1. The summed E-state index contributed by atoms with van der Waals surface area (Å²) in [6, 6.07) is 3.25. The maximum absolute atomic E-state index is 13.8. The fraction of sp³-hybridized carbons (Fsp3) is 0.273. The minimum atomic E-state index is -0.493. The number of rotatable bonds is 2. The summed E-state index contributed by atoms with van der Waals surface area (Å²) in [5.74, 6) is -0.493. The molecule has 3 nitrogen and oxygen atoms in total. The molecule has 2 radical (unpaired) electrons. The lowest BCUT2D eigenvalue weighted by atomic mass is 9.96. The summed E-state index contributed by atoms with van der Waals surface area (Å²) in [4.78, 5) is 18.1. The molecule has 0 aliphatic rings. The fourth-order valence-electron chi connectivity index (χ4n) is 1.60. The molecule has 0 unspecified atom stereocenters. The van der Waals surface area contributed by atoms with Gasteiger partial charge in [-0.25, -0.2) is 9.37 Å². The standard InChI is InChI=1S/C11H10BFN2O.H2/c1-2-7-11(16)15-10-8(14-7)4-3-6(5-12)9(10)13;/h3-4H,2,5H2,1H3,(H,15,16);1H. The van der Waals surface area contributed by atoms with E-state index in [0.717, 1.165) is 0 Å². The first-order valence-corrected chi connectivity index (χ1v) is 5.07. The van der Waals surface area contributed by atoms with E-state index in [1.165, 1.54) is 0 Å². The third-order valence-electron chi connectivity index (χ3n) is 2.51. The van der Waals surface area contributed by atoms with E-state index in [9.17, 15) is 9.18 Å². The van der Waals surface area contributed by atoms with Crippen LogP contribution in [0, 0.1) is 5.82 Å². The fourth-order valence-corrected chi connectivity index (χ4v) is 1.60. The van der Waals surface area contributed by atoms with Crippen molar-refractivity contribution in [3.8, 4) is 0 Å². The molecule has 0 atom stereocenters. The van der Waals surface area contributed by atoms with Crippen molar-refractivity contribution in [2.24, 2.45) is 0 Å². The van der Waals surface area contributed by atoms with Crippen LogP contribution in [0.5, 0.6) is 0 Å². The Balaban J connectivity index is 0.00000144. The minimum Gasteiger partial charge on any atom is -0.317 e. The molecule has 1 heterocycles. The first kappa shape index (κ1) is 10.9. The van der Waals surface area contributed by atoms with Gasteiger partial charge in [-0.15, -0.1) is 0 Å². The highest BCUT2D eigenvalue weighted by atomic mass is 19.1. The van der Waals surface area contributed by atoms with Gasteiger partial charge < -0.3 is 4.98 Å². The number of halogens is 1. The Labute approximate surface area is 94.6 Å². The molecule has 5 heteroatoms. The van der Waals surface area contributed by atoms with Gasteiger partial charge in [-0.05, 0) is 18.1 Å². The van der Waals surface area contributed by atoms with E-state index >= 15 is 0 Å². The van der Waals surface area contributed by atoms with Gasteiger partial charge in [0.15, 0.2) is 5.82 Å². The molecule has 16 heavy (non-hydrogen) atoms. The second kappa shape index (κ2) is 4.08. The molecule has 2 aromatic rings. The largest absolute Gasteiger partial charge is 0.317 e. The predicted octanol–water partition coefficient (Wildman–Crippen LogP) is 1.54. The van der Waals surface area contributed by atoms with Crippen molar-refractivity contribution in [3.63, 3.8) is 0 Å².